The van der Waals surface area contributed by atoms with E-state index in [0.29, 0.717) is 31.5 Å². The van der Waals surface area contributed by atoms with Crippen molar-refractivity contribution in [1.82, 2.24) is 14.9 Å². The molecule has 1 aliphatic heterocycles. The van der Waals surface area contributed by atoms with Crippen LogP contribution in [0, 0.1) is 0 Å². The molecule has 0 radical (unpaired) electrons. The maximum absolute atomic E-state index is 12.4. The molecule has 1 fully saturated rings. The molecule has 1 aromatic rings. The number of piperidine rings is 1. The zero-order valence-electron chi connectivity index (χ0n) is 13.4. The van der Waals surface area contributed by atoms with Gasteiger partial charge in [0.15, 0.2) is 0 Å². The van der Waals surface area contributed by atoms with Crippen molar-refractivity contribution < 1.29 is 23.1 Å². The molecule has 0 aromatic heterocycles. The van der Waals surface area contributed by atoms with Gasteiger partial charge in [-0.1, -0.05) is 0 Å². The van der Waals surface area contributed by atoms with E-state index in [2.05, 4.69) is 10.0 Å². The van der Waals surface area contributed by atoms with Crippen molar-refractivity contribution in [3.8, 4) is 0 Å². The molecule has 0 spiro atoms. The molecule has 9 heteroatoms. The lowest BCUT2D eigenvalue weighted by molar-refractivity contribution is -0.138. The Morgan fingerprint density at radius 2 is 1.79 bits per heavy atom. The Kier molecular flexibility index (Phi) is 5.92. The van der Waals surface area contributed by atoms with E-state index < -0.39 is 16.0 Å². The molecule has 3 N–H and O–H groups in total. The topological polar surface area (TPSA) is 116 Å². The highest BCUT2D eigenvalue weighted by Crippen LogP contribution is 2.15. The summed E-state index contributed by atoms with van der Waals surface area (Å²) in [7, 11) is -2.16. The van der Waals surface area contributed by atoms with Crippen LogP contribution < -0.4 is 10.0 Å². The van der Waals surface area contributed by atoms with E-state index in [1.54, 1.807) is 4.90 Å². The van der Waals surface area contributed by atoms with Gasteiger partial charge in [-0.25, -0.2) is 13.1 Å². The molecule has 1 aromatic carbocycles. The quantitative estimate of drug-likeness (QED) is 0.655. The van der Waals surface area contributed by atoms with Crippen LogP contribution in [0.4, 0.5) is 0 Å². The van der Waals surface area contributed by atoms with Gasteiger partial charge in [-0.15, -0.1) is 0 Å². The minimum absolute atomic E-state index is 0.0274. The average molecular weight is 355 g/mol. The monoisotopic (exact) mass is 355 g/mol. The summed E-state index contributed by atoms with van der Waals surface area (Å²) in [6.45, 7) is 1.05. The van der Waals surface area contributed by atoms with Crippen molar-refractivity contribution in [1.29, 1.82) is 0 Å². The Bertz CT molecular complexity index is 694. The van der Waals surface area contributed by atoms with Crippen molar-refractivity contribution in [2.24, 2.45) is 0 Å². The van der Waals surface area contributed by atoms with Crippen LogP contribution in [0.15, 0.2) is 29.2 Å². The van der Waals surface area contributed by atoms with Crippen LogP contribution in [0.3, 0.4) is 0 Å². The van der Waals surface area contributed by atoms with Gasteiger partial charge in [-0.05, 0) is 37.1 Å². The van der Waals surface area contributed by atoms with E-state index in [-0.39, 0.29) is 23.4 Å². The fourth-order valence-electron chi connectivity index (χ4n) is 2.62. The number of hydrogen-bond donors (Lipinski definition) is 3. The van der Waals surface area contributed by atoms with E-state index in [0.717, 1.165) is 0 Å². The first-order valence-electron chi connectivity index (χ1n) is 7.60. The predicted octanol–water partition coefficient (Wildman–Crippen LogP) is -0.126. The molecule has 2 rings (SSSR count). The van der Waals surface area contributed by atoms with Gasteiger partial charge in [0.1, 0.15) is 0 Å². The van der Waals surface area contributed by atoms with Crippen LogP contribution in [-0.4, -0.2) is 63.0 Å². The summed E-state index contributed by atoms with van der Waals surface area (Å²) in [6.07, 6.45) is 1.12. The molecular formula is C15H21N3O5S. The Morgan fingerprint density at radius 3 is 2.29 bits per heavy atom. The van der Waals surface area contributed by atoms with Crippen LogP contribution in [0.1, 0.15) is 23.2 Å². The number of amides is 1. The fourth-order valence-corrected chi connectivity index (χ4v) is 3.92. The first-order valence-corrected chi connectivity index (χ1v) is 9.09. The van der Waals surface area contributed by atoms with Crippen LogP contribution >= 0.6 is 0 Å². The number of aliphatic carboxylic acids is 1. The Hall–Kier alpha value is -1.97. The third-order valence-electron chi connectivity index (χ3n) is 3.92. The van der Waals surface area contributed by atoms with Crippen LogP contribution in [0.2, 0.25) is 0 Å². The number of nitrogens with one attached hydrogen (secondary N) is 2. The average Bonchev–Trinajstić information content (AvgIpc) is 2.55. The lowest BCUT2D eigenvalue weighted by Crippen LogP contribution is -2.45. The lowest BCUT2D eigenvalue weighted by atomic mass is 10.1. The first kappa shape index (κ1) is 18.4. The summed E-state index contributed by atoms with van der Waals surface area (Å²) in [4.78, 5) is 24.0. The number of likely N-dealkylation sites (tertiary alicyclic amines) is 1. The van der Waals surface area contributed by atoms with Crippen molar-refractivity contribution in [3.05, 3.63) is 29.8 Å². The van der Waals surface area contributed by atoms with Crippen molar-refractivity contribution in [2.45, 2.75) is 23.8 Å². The fraction of sp³-hybridized carbons (Fsp3) is 0.467. The molecule has 0 saturated carbocycles. The summed E-state index contributed by atoms with van der Waals surface area (Å²) in [5.74, 6) is -1.16. The zero-order valence-corrected chi connectivity index (χ0v) is 14.2. The number of carbonyl (C=O) groups is 2. The molecule has 132 valence electrons. The number of carboxylic acids is 1. The number of hydrogen-bond acceptors (Lipinski definition) is 5. The normalized spacial score (nSPS) is 16.7. The maximum atomic E-state index is 12.4. The zero-order chi connectivity index (χ0) is 17.7. The summed E-state index contributed by atoms with van der Waals surface area (Å²) < 4.78 is 27.4. The van der Waals surface area contributed by atoms with Gasteiger partial charge in [-0.3, -0.25) is 14.5 Å². The highest BCUT2D eigenvalue weighted by molar-refractivity contribution is 7.89. The summed E-state index contributed by atoms with van der Waals surface area (Å²) >= 11 is 0. The molecule has 1 heterocycles. The van der Waals surface area contributed by atoms with Crippen molar-refractivity contribution in [2.75, 3.05) is 26.7 Å². The number of benzene rings is 1. The minimum atomic E-state index is -3.67. The number of carboxylic acid groups (broad SMARTS) is 1. The van der Waals surface area contributed by atoms with Gasteiger partial charge in [0.05, 0.1) is 11.4 Å². The van der Waals surface area contributed by atoms with Crippen molar-refractivity contribution >= 4 is 21.9 Å². The van der Waals surface area contributed by atoms with Gasteiger partial charge >= 0.3 is 5.97 Å². The van der Waals surface area contributed by atoms with Gasteiger partial charge in [0, 0.05) is 31.7 Å². The van der Waals surface area contributed by atoms with E-state index in [1.807, 2.05) is 0 Å². The third kappa shape index (κ3) is 4.76. The molecular weight excluding hydrogens is 334 g/mol. The summed E-state index contributed by atoms with van der Waals surface area (Å²) in [5, 5.41) is 11.2. The molecule has 1 amide bonds. The highest BCUT2D eigenvalue weighted by atomic mass is 32.2. The number of sulfonamides is 1. The SMILES string of the molecule is CNC(=O)c1ccc(S(=O)(=O)NC2CCN(CC(=O)O)CC2)cc1. The predicted molar refractivity (Wildman–Crippen MR) is 87.3 cm³/mol. The molecule has 0 unspecified atom stereocenters. The third-order valence-corrected chi connectivity index (χ3v) is 5.46. The molecule has 0 atom stereocenters. The van der Waals surface area contributed by atoms with Crippen LogP contribution in [-0.2, 0) is 14.8 Å². The van der Waals surface area contributed by atoms with Gasteiger partial charge in [0.25, 0.3) is 5.91 Å². The highest BCUT2D eigenvalue weighted by Gasteiger charge is 2.25. The van der Waals surface area contributed by atoms with Crippen LogP contribution in [0.25, 0.3) is 0 Å². The van der Waals surface area contributed by atoms with Gasteiger partial charge in [-0.2, -0.15) is 0 Å². The first-order chi connectivity index (χ1) is 11.3. The van der Waals surface area contributed by atoms with E-state index in [1.165, 1.54) is 31.3 Å². The Balaban J connectivity index is 1.97. The van der Waals surface area contributed by atoms with Crippen molar-refractivity contribution in [3.63, 3.8) is 0 Å². The summed E-state index contributed by atoms with van der Waals surface area (Å²) in [5.41, 5.74) is 0.387. The second kappa shape index (κ2) is 7.73. The molecule has 1 aliphatic rings. The minimum Gasteiger partial charge on any atom is -0.480 e. The molecule has 24 heavy (non-hydrogen) atoms. The smallest absolute Gasteiger partial charge is 0.317 e. The molecule has 0 bridgehead atoms. The number of rotatable bonds is 6. The Labute approximate surface area is 140 Å². The van der Waals surface area contributed by atoms with E-state index >= 15 is 0 Å². The largest absolute Gasteiger partial charge is 0.480 e. The Morgan fingerprint density at radius 1 is 1.21 bits per heavy atom. The van der Waals surface area contributed by atoms with E-state index in [9.17, 15) is 18.0 Å². The summed E-state index contributed by atoms with van der Waals surface area (Å²) in [6, 6.07) is 5.49. The number of nitrogens with zero attached hydrogens (tertiary/aromatic N) is 1. The van der Waals surface area contributed by atoms with Gasteiger partial charge < -0.3 is 10.4 Å². The number of carbonyl (C=O) groups excluding carboxylic acids is 1. The maximum Gasteiger partial charge on any atom is 0.317 e. The standard InChI is InChI=1S/C15H21N3O5S/c1-16-15(21)11-2-4-13(5-3-11)24(22,23)17-12-6-8-18(9-7-12)10-14(19)20/h2-5,12,17H,6-10H2,1H3,(H,16,21)(H,19,20). The molecule has 1 saturated heterocycles. The van der Waals surface area contributed by atoms with Crippen LogP contribution in [0.5, 0.6) is 0 Å². The second-order valence-corrected chi connectivity index (χ2v) is 7.38. The lowest BCUT2D eigenvalue weighted by Gasteiger charge is -2.31. The molecule has 8 nitrogen and oxygen atoms in total. The second-order valence-electron chi connectivity index (χ2n) is 5.67. The van der Waals surface area contributed by atoms with Gasteiger partial charge in [0.2, 0.25) is 10.0 Å². The van der Waals surface area contributed by atoms with E-state index in [4.69, 9.17) is 5.11 Å². The molecule has 0 aliphatic carbocycles.